The number of hydrogen-bond donors (Lipinski definition) is 0. The number of amides is 2. The summed E-state index contributed by atoms with van der Waals surface area (Å²) >= 11 is 0. The van der Waals surface area contributed by atoms with Crippen LogP contribution in [0.2, 0.25) is 0 Å². The van der Waals surface area contributed by atoms with Crippen LogP contribution in [0.5, 0.6) is 0 Å². The topological polar surface area (TPSA) is 174 Å². The van der Waals surface area contributed by atoms with E-state index in [0.717, 1.165) is 0 Å². The fourth-order valence-corrected chi connectivity index (χ4v) is 2.30. The minimum Gasteiger partial charge on any atom is -0.565 e. The van der Waals surface area contributed by atoms with E-state index in [1.54, 1.807) is 81.1 Å². The van der Waals surface area contributed by atoms with E-state index in [0.29, 0.717) is 33.9 Å². The summed E-state index contributed by atoms with van der Waals surface area (Å²) in [6.07, 6.45) is 6.22. The van der Waals surface area contributed by atoms with E-state index in [1.165, 1.54) is 6.92 Å². The molecule has 3 aromatic rings. The number of carbonyl (C=O) groups excluding carboxylic acids is 3. The third-order valence-electron chi connectivity index (χ3n) is 3.96. The van der Waals surface area contributed by atoms with E-state index >= 15 is 0 Å². The Balaban J connectivity index is 0.00000114. The zero-order chi connectivity index (χ0) is 24.9. The molecule has 0 radical (unpaired) electrons. The standard InChI is InChI=1S/C21H19N7O2.C2H4O2.Zn/c1-14(25-27-20(29)16-6-10-22-11-7-16)18-4-3-5-19(24-18)15(2)26-28-21(30)17-8-12-23-13-9-17;1-2(3)4;/h3-13H,1-2H3,(H2,24,27,28,29,30);1H3,(H,3,4);/q;;+2/p+1. The molecule has 11 nitrogen and oxygen atoms in total. The average molecular weight is 528 g/mol. The van der Waals surface area contributed by atoms with Crippen molar-refractivity contribution >= 4 is 29.2 Å². The molecule has 0 fully saturated rings. The van der Waals surface area contributed by atoms with Gasteiger partial charge in [-0.1, -0.05) is 6.07 Å². The molecule has 3 aromatic heterocycles. The Morgan fingerprint density at radius 3 is 1.46 bits per heavy atom. The Hall–Kier alpha value is -4.18. The zero-order valence-corrected chi connectivity index (χ0v) is 22.5. The van der Waals surface area contributed by atoms with Gasteiger partial charge in [0.05, 0.1) is 29.4 Å². The number of pyridine rings is 3. The van der Waals surface area contributed by atoms with Crippen LogP contribution in [0.3, 0.4) is 0 Å². The molecule has 0 spiro atoms. The molecule has 3 rings (SSSR count). The van der Waals surface area contributed by atoms with Crippen molar-refractivity contribution in [3.05, 3.63) is 101 Å². The summed E-state index contributed by atoms with van der Waals surface area (Å²) in [6, 6.07) is 11.9. The summed E-state index contributed by atoms with van der Waals surface area (Å²) in [5.74, 6) is -1.02. The van der Waals surface area contributed by atoms with Gasteiger partial charge in [-0.2, -0.15) is 0 Å². The van der Waals surface area contributed by atoms with Crippen molar-refractivity contribution in [1.82, 2.24) is 15.0 Å². The third-order valence-corrected chi connectivity index (χ3v) is 3.96. The molecule has 0 aliphatic carbocycles. The maximum absolute atomic E-state index is 10.0. The smallest absolute Gasteiger partial charge is 0.565 e. The molecule has 12 heteroatoms. The van der Waals surface area contributed by atoms with Gasteiger partial charge in [0.25, 0.3) is 11.8 Å². The molecule has 0 aliphatic rings. The van der Waals surface area contributed by atoms with E-state index in [2.05, 4.69) is 36.0 Å². The van der Waals surface area contributed by atoms with Crippen molar-refractivity contribution < 1.29 is 39.0 Å². The Morgan fingerprint density at radius 1 is 0.771 bits per heavy atom. The number of nitrogens with zero attached hydrogens (tertiary/aromatic N) is 7. The molecule has 0 aliphatic heterocycles. The van der Waals surface area contributed by atoms with Crippen LogP contribution in [0.25, 0.3) is 10.9 Å². The second-order valence-electron chi connectivity index (χ2n) is 6.65. The van der Waals surface area contributed by atoms with Gasteiger partial charge in [-0.15, -0.1) is 0 Å². The normalized spacial score (nSPS) is 10.7. The molecule has 2 amide bonds. The molecular formula is C23H24N7O4Zn+3. The van der Waals surface area contributed by atoms with Crippen molar-refractivity contribution in [1.29, 1.82) is 0 Å². The molecule has 3 heterocycles. The van der Waals surface area contributed by atoms with Crippen LogP contribution >= 0.6 is 0 Å². The average Bonchev–Trinajstić information content (AvgIpc) is 2.86. The SMILES string of the molecule is CC(=N[N-]C(=[OH+])c1ccncc1)c1cccc(C(C)=N[N-]C(=[OH+])c2ccncc2)n1.CC(=O)[OH2+].[Zn+2]. The molecule has 4 N–H and O–H groups in total. The molecular weight excluding hydrogens is 504 g/mol. The second-order valence-corrected chi connectivity index (χ2v) is 6.65. The Labute approximate surface area is 214 Å². The third kappa shape index (κ3) is 10.1. The summed E-state index contributed by atoms with van der Waals surface area (Å²) in [7, 11) is 0. The van der Waals surface area contributed by atoms with Gasteiger partial charge in [-0.3, -0.25) is 19.6 Å². The van der Waals surface area contributed by atoms with Gasteiger partial charge in [0.15, 0.2) is 0 Å². The Morgan fingerprint density at radius 2 is 1.11 bits per heavy atom. The van der Waals surface area contributed by atoms with Crippen LogP contribution in [0, 0.1) is 0 Å². The van der Waals surface area contributed by atoms with Crippen LogP contribution in [-0.4, -0.2) is 58.9 Å². The van der Waals surface area contributed by atoms with Crippen molar-refractivity contribution in [2.75, 3.05) is 0 Å². The molecule has 0 unspecified atom stereocenters. The van der Waals surface area contributed by atoms with Gasteiger partial charge >= 0.3 is 25.4 Å². The predicted octanol–water partition coefficient (Wildman–Crippen LogP) is 2.42. The minimum atomic E-state index is -0.583. The first kappa shape index (κ1) is 28.9. The maximum Gasteiger partial charge on any atom is 2.00 e. The first-order chi connectivity index (χ1) is 16.3. The van der Waals surface area contributed by atoms with Gasteiger partial charge in [-0.05, 0) is 50.2 Å². The van der Waals surface area contributed by atoms with Crippen LogP contribution in [-0.2, 0) is 24.3 Å². The number of rotatable bonds is 6. The van der Waals surface area contributed by atoms with Gasteiger partial charge in [-0.25, -0.2) is 4.98 Å². The number of aromatic nitrogens is 3. The van der Waals surface area contributed by atoms with Gasteiger partial charge in [0.1, 0.15) is 0 Å². The first-order valence-electron chi connectivity index (χ1n) is 9.91. The van der Waals surface area contributed by atoms with E-state index in [1.807, 2.05) is 0 Å². The minimum absolute atomic E-state index is 0. The van der Waals surface area contributed by atoms with E-state index in [9.17, 15) is 9.59 Å². The fraction of sp³-hybridized carbons (Fsp3) is 0.130. The predicted molar refractivity (Wildman–Crippen MR) is 130 cm³/mol. The summed E-state index contributed by atoms with van der Waals surface area (Å²) < 4.78 is 0. The summed E-state index contributed by atoms with van der Waals surface area (Å²) in [4.78, 5) is 41.4. The molecule has 0 atom stereocenters. The maximum atomic E-state index is 10.0. The first-order valence-corrected chi connectivity index (χ1v) is 9.91. The Kier molecular flexibility index (Phi) is 12.3. The van der Waals surface area contributed by atoms with Crippen LogP contribution in [0.1, 0.15) is 43.3 Å². The van der Waals surface area contributed by atoms with Crippen molar-refractivity contribution in [2.24, 2.45) is 10.2 Å². The van der Waals surface area contributed by atoms with Gasteiger partial charge in [0, 0.05) is 41.0 Å². The summed E-state index contributed by atoms with van der Waals surface area (Å²) in [6.45, 7) is 4.66. The zero-order valence-electron chi connectivity index (χ0n) is 19.5. The molecule has 0 saturated carbocycles. The molecule has 0 saturated heterocycles. The van der Waals surface area contributed by atoms with E-state index in [4.69, 9.17) is 9.90 Å². The molecule has 35 heavy (non-hydrogen) atoms. The summed E-state index contributed by atoms with van der Waals surface area (Å²) in [5.41, 5.74) is 10.9. The molecule has 0 bridgehead atoms. The largest absolute Gasteiger partial charge is 2.00 e. The van der Waals surface area contributed by atoms with Gasteiger partial charge in [0.2, 0.25) is 0 Å². The van der Waals surface area contributed by atoms with Gasteiger partial charge < -0.3 is 26.2 Å². The number of carbonyl (C=O) groups is 1. The molecule has 174 valence electrons. The monoisotopic (exact) mass is 526 g/mol. The summed E-state index contributed by atoms with van der Waals surface area (Å²) in [5, 5.41) is 14.0. The number of hydrogen-bond acceptors (Lipinski definition) is 6. The van der Waals surface area contributed by atoms with Crippen molar-refractivity contribution in [3.63, 3.8) is 0 Å². The Bertz CT molecular complexity index is 1110. The second kappa shape index (κ2) is 14.9. The van der Waals surface area contributed by atoms with E-state index in [-0.39, 0.29) is 31.3 Å². The quantitative estimate of drug-likeness (QED) is 0.207. The van der Waals surface area contributed by atoms with Crippen molar-refractivity contribution in [2.45, 2.75) is 20.8 Å². The fourth-order valence-electron chi connectivity index (χ4n) is 2.30. The van der Waals surface area contributed by atoms with Crippen molar-refractivity contribution in [3.8, 4) is 0 Å². The van der Waals surface area contributed by atoms with E-state index < -0.39 is 5.97 Å². The van der Waals surface area contributed by atoms with Crippen LogP contribution in [0.4, 0.5) is 0 Å². The van der Waals surface area contributed by atoms with Crippen LogP contribution in [0.15, 0.2) is 77.5 Å². The van der Waals surface area contributed by atoms with Crippen LogP contribution < -0.4 is 0 Å². The molecule has 0 aromatic carbocycles.